The normalized spacial score (nSPS) is 20.3. The molecule has 0 radical (unpaired) electrons. The number of piperidine rings is 1. The highest BCUT2D eigenvalue weighted by atomic mass is 32.2. The minimum absolute atomic E-state index is 0.206. The average Bonchev–Trinajstić information content (AvgIpc) is 3.14. The number of benzene rings is 2. The molecule has 2 atom stereocenters. The number of carbonyl (C=O) groups excluding carboxylic acids is 1. The van der Waals surface area contributed by atoms with Crippen molar-refractivity contribution in [1.29, 1.82) is 0 Å². The highest BCUT2D eigenvalue weighted by Crippen LogP contribution is 2.27. The van der Waals surface area contributed by atoms with E-state index in [1.165, 1.54) is 23.5 Å². The van der Waals surface area contributed by atoms with Crippen LogP contribution in [0, 0.1) is 11.8 Å². The van der Waals surface area contributed by atoms with Gasteiger partial charge in [0.05, 0.1) is 22.2 Å². The Labute approximate surface area is 198 Å². The van der Waals surface area contributed by atoms with Gasteiger partial charge in [-0.15, -0.1) is 0 Å². The van der Waals surface area contributed by atoms with Crippen molar-refractivity contribution in [2.75, 3.05) is 20.2 Å². The van der Waals surface area contributed by atoms with E-state index in [1.807, 2.05) is 29.7 Å². The number of hydrogen-bond donors (Lipinski definition) is 0. The molecular formula is C24H29N3O4S2. The number of methoxy groups -OCH3 is 1. The second-order valence-electron chi connectivity index (χ2n) is 8.67. The molecule has 0 spiro atoms. The van der Waals surface area contributed by atoms with Crippen LogP contribution in [0.5, 0.6) is 5.75 Å². The minimum Gasteiger partial charge on any atom is -0.497 e. The fraction of sp³-hybridized carbons (Fsp3) is 0.417. The number of aromatic nitrogens is 1. The van der Waals surface area contributed by atoms with Gasteiger partial charge in [-0.3, -0.25) is 4.79 Å². The van der Waals surface area contributed by atoms with E-state index in [0.717, 1.165) is 22.4 Å². The van der Waals surface area contributed by atoms with Gasteiger partial charge < -0.3 is 9.30 Å². The SMILES string of the molecule is CCn1c(=NC(=O)c2ccc(S(=O)(=O)N3C[C@H](C)C[C@@H](C)C3)cc2)sc2cc(OC)ccc21. The lowest BCUT2D eigenvalue weighted by Crippen LogP contribution is -2.42. The van der Waals surface area contributed by atoms with Crippen LogP contribution < -0.4 is 9.54 Å². The van der Waals surface area contributed by atoms with Gasteiger partial charge in [-0.2, -0.15) is 9.30 Å². The summed E-state index contributed by atoms with van der Waals surface area (Å²) < 4.78 is 36.0. The maximum atomic E-state index is 13.1. The number of amides is 1. The monoisotopic (exact) mass is 487 g/mol. The fourth-order valence-electron chi connectivity index (χ4n) is 4.44. The molecule has 1 fully saturated rings. The first-order valence-corrected chi connectivity index (χ1v) is 13.3. The van der Waals surface area contributed by atoms with Crippen molar-refractivity contribution >= 4 is 37.5 Å². The van der Waals surface area contributed by atoms with Crippen LogP contribution in [0.15, 0.2) is 52.4 Å². The van der Waals surface area contributed by atoms with Gasteiger partial charge in [0.15, 0.2) is 4.80 Å². The lowest BCUT2D eigenvalue weighted by molar-refractivity contribution is 0.0997. The summed E-state index contributed by atoms with van der Waals surface area (Å²) in [6.07, 6.45) is 1.03. The van der Waals surface area contributed by atoms with Gasteiger partial charge >= 0.3 is 0 Å². The number of nitrogens with zero attached hydrogens (tertiary/aromatic N) is 3. The molecular weight excluding hydrogens is 458 g/mol. The van der Waals surface area contributed by atoms with E-state index in [4.69, 9.17) is 4.74 Å². The van der Waals surface area contributed by atoms with Crippen molar-refractivity contribution in [2.45, 2.75) is 38.6 Å². The summed E-state index contributed by atoms with van der Waals surface area (Å²) >= 11 is 1.42. The topological polar surface area (TPSA) is 81.0 Å². The predicted octanol–water partition coefficient (Wildman–Crippen LogP) is 4.14. The van der Waals surface area contributed by atoms with Gasteiger partial charge in [-0.25, -0.2) is 8.42 Å². The molecule has 1 aliphatic heterocycles. The zero-order chi connectivity index (χ0) is 23.8. The quantitative estimate of drug-likeness (QED) is 0.542. The maximum Gasteiger partial charge on any atom is 0.279 e. The highest BCUT2D eigenvalue weighted by molar-refractivity contribution is 7.89. The van der Waals surface area contributed by atoms with Crippen LogP contribution in [0.4, 0.5) is 0 Å². The average molecular weight is 488 g/mol. The summed E-state index contributed by atoms with van der Waals surface area (Å²) in [5, 5.41) is 0. The summed E-state index contributed by atoms with van der Waals surface area (Å²) in [5.74, 6) is 1.00. The molecule has 0 N–H and O–H groups in total. The molecule has 3 aromatic rings. The van der Waals surface area contributed by atoms with Crippen molar-refractivity contribution in [1.82, 2.24) is 8.87 Å². The third-order valence-electron chi connectivity index (χ3n) is 5.98. The molecule has 0 unspecified atom stereocenters. The molecule has 2 heterocycles. The van der Waals surface area contributed by atoms with Crippen LogP contribution in [0.2, 0.25) is 0 Å². The minimum atomic E-state index is -3.59. The Morgan fingerprint density at radius 2 is 1.79 bits per heavy atom. The van der Waals surface area contributed by atoms with Gasteiger partial charge in [0.25, 0.3) is 5.91 Å². The van der Waals surface area contributed by atoms with Crippen LogP contribution in [0.1, 0.15) is 37.6 Å². The third kappa shape index (κ3) is 4.76. The number of rotatable bonds is 5. The van der Waals surface area contributed by atoms with E-state index in [2.05, 4.69) is 18.8 Å². The molecule has 0 saturated carbocycles. The van der Waals surface area contributed by atoms with E-state index in [0.29, 0.717) is 41.8 Å². The Bertz CT molecular complexity index is 1330. The van der Waals surface area contributed by atoms with Gasteiger partial charge in [0.2, 0.25) is 10.0 Å². The molecule has 1 aliphatic rings. The van der Waals surface area contributed by atoms with E-state index < -0.39 is 15.9 Å². The molecule has 7 nitrogen and oxygen atoms in total. The lowest BCUT2D eigenvalue weighted by atomic mass is 9.94. The summed E-state index contributed by atoms with van der Waals surface area (Å²) in [6, 6.07) is 11.9. The van der Waals surface area contributed by atoms with Crippen molar-refractivity contribution in [3.05, 3.63) is 52.8 Å². The van der Waals surface area contributed by atoms with Crippen LogP contribution in [0.25, 0.3) is 10.2 Å². The molecule has 1 aromatic heterocycles. The Kier molecular flexibility index (Phi) is 6.74. The molecule has 0 bridgehead atoms. The molecule has 1 amide bonds. The van der Waals surface area contributed by atoms with Crippen LogP contribution in [0.3, 0.4) is 0 Å². The Morgan fingerprint density at radius 1 is 1.12 bits per heavy atom. The molecule has 4 rings (SSSR count). The van der Waals surface area contributed by atoms with Crippen molar-refractivity contribution in [3.63, 3.8) is 0 Å². The number of thiazole rings is 1. The van der Waals surface area contributed by atoms with E-state index in [-0.39, 0.29) is 4.90 Å². The van der Waals surface area contributed by atoms with Gasteiger partial charge in [0, 0.05) is 25.2 Å². The van der Waals surface area contributed by atoms with E-state index in [9.17, 15) is 13.2 Å². The summed E-state index contributed by atoms with van der Waals surface area (Å²) in [6.45, 7) is 7.87. The number of sulfonamides is 1. The summed E-state index contributed by atoms with van der Waals surface area (Å²) in [5.41, 5.74) is 1.34. The van der Waals surface area contributed by atoms with Gasteiger partial charge in [-0.1, -0.05) is 25.2 Å². The fourth-order valence-corrected chi connectivity index (χ4v) is 7.24. The van der Waals surface area contributed by atoms with Gasteiger partial charge in [-0.05, 0) is 67.6 Å². The van der Waals surface area contributed by atoms with E-state index in [1.54, 1.807) is 23.5 Å². The molecule has 0 aliphatic carbocycles. The molecule has 2 aromatic carbocycles. The third-order valence-corrected chi connectivity index (χ3v) is 8.86. The Morgan fingerprint density at radius 3 is 2.39 bits per heavy atom. The summed E-state index contributed by atoms with van der Waals surface area (Å²) in [7, 11) is -1.97. The van der Waals surface area contributed by atoms with Crippen molar-refractivity contribution < 1.29 is 17.9 Å². The number of aryl methyl sites for hydroxylation is 1. The Hall–Kier alpha value is -2.49. The number of hydrogen-bond acceptors (Lipinski definition) is 5. The second kappa shape index (κ2) is 9.40. The first kappa shape index (κ1) is 23.7. The largest absolute Gasteiger partial charge is 0.497 e. The van der Waals surface area contributed by atoms with Gasteiger partial charge in [0.1, 0.15) is 5.75 Å². The molecule has 9 heteroatoms. The van der Waals surface area contributed by atoms with Crippen molar-refractivity contribution in [2.24, 2.45) is 16.8 Å². The smallest absolute Gasteiger partial charge is 0.279 e. The van der Waals surface area contributed by atoms with Crippen LogP contribution in [-0.4, -0.2) is 43.4 Å². The zero-order valence-electron chi connectivity index (χ0n) is 19.3. The molecule has 1 saturated heterocycles. The summed E-state index contributed by atoms with van der Waals surface area (Å²) in [4.78, 5) is 18.0. The van der Waals surface area contributed by atoms with E-state index >= 15 is 0 Å². The molecule has 176 valence electrons. The van der Waals surface area contributed by atoms with Crippen LogP contribution >= 0.6 is 11.3 Å². The highest BCUT2D eigenvalue weighted by Gasteiger charge is 2.31. The predicted molar refractivity (Wildman–Crippen MR) is 130 cm³/mol. The zero-order valence-corrected chi connectivity index (χ0v) is 20.9. The lowest BCUT2D eigenvalue weighted by Gasteiger charge is -2.34. The number of carbonyl (C=O) groups is 1. The second-order valence-corrected chi connectivity index (χ2v) is 11.6. The molecule has 33 heavy (non-hydrogen) atoms. The maximum absolute atomic E-state index is 13.1. The Balaban J connectivity index is 1.62. The standard InChI is InChI=1S/C24H29N3O4S2/c1-5-27-21-11-8-19(31-4)13-22(21)32-24(27)25-23(28)18-6-9-20(10-7-18)33(29,30)26-14-16(2)12-17(3)15-26/h6-11,13,16-17H,5,12,14-15H2,1-4H3/t16-,17-/m1/s1. The number of fused-ring (bicyclic) bond motifs is 1. The van der Waals surface area contributed by atoms with Crippen molar-refractivity contribution in [3.8, 4) is 5.75 Å². The number of ether oxygens (including phenoxy) is 1. The first-order valence-electron chi connectivity index (χ1n) is 11.1. The first-order chi connectivity index (χ1) is 15.7. The van der Waals surface area contributed by atoms with Crippen LogP contribution in [-0.2, 0) is 16.6 Å².